The number of halogens is 1. The predicted octanol–water partition coefficient (Wildman–Crippen LogP) is 1.54. The Morgan fingerprint density at radius 3 is 3.25 bits per heavy atom. The van der Waals surface area contributed by atoms with E-state index in [0.29, 0.717) is 17.9 Å². The van der Waals surface area contributed by atoms with Gasteiger partial charge in [-0.3, -0.25) is 0 Å². The second-order valence-corrected chi connectivity index (χ2v) is 2.84. The topological polar surface area (TPSA) is 45.9 Å². The van der Waals surface area contributed by atoms with Crippen molar-refractivity contribution in [3.8, 4) is 11.8 Å². The summed E-state index contributed by atoms with van der Waals surface area (Å²) in [6.07, 6.45) is 0.779. The second-order valence-electron chi connectivity index (χ2n) is 2.48. The lowest BCUT2D eigenvalue weighted by Crippen LogP contribution is -1.87. The molecule has 0 aliphatic carbocycles. The summed E-state index contributed by atoms with van der Waals surface area (Å²) in [7, 11) is 0. The molecular weight excluding hydrogens is 176 g/mol. The van der Waals surface area contributed by atoms with Gasteiger partial charge in [0.25, 0.3) is 0 Å². The van der Waals surface area contributed by atoms with E-state index in [0.717, 1.165) is 12.1 Å². The van der Waals surface area contributed by atoms with Crippen molar-refractivity contribution in [1.29, 1.82) is 5.26 Å². The number of nitriles is 1. The first kappa shape index (κ1) is 7.38. The molecule has 0 N–H and O–H groups in total. The average molecular weight is 181 g/mol. The Bertz CT molecular complexity index is 369. The summed E-state index contributed by atoms with van der Waals surface area (Å²) in [6, 6.07) is 3.59. The molecule has 0 saturated heterocycles. The van der Waals surface area contributed by atoms with E-state index in [4.69, 9.17) is 21.6 Å². The maximum atomic E-state index is 8.62. The van der Waals surface area contributed by atoms with E-state index >= 15 is 0 Å². The number of nitrogens with zero attached hydrogens (tertiary/aromatic N) is 2. The van der Waals surface area contributed by atoms with Gasteiger partial charge in [0.15, 0.2) is 0 Å². The third-order valence-electron chi connectivity index (χ3n) is 1.73. The molecule has 0 bridgehead atoms. The molecule has 0 atom stereocenters. The molecule has 1 aromatic rings. The van der Waals surface area contributed by atoms with Crippen molar-refractivity contribution in [3.05, 3.63) is 22.5 Å². The second kappa shape index (κ2) is 2.65. The highest BCUT2D eigenvalue weighted by Gasteiger charge is 2.16. The van der Waals surface area contributed by atoms with Crippen LogP contribution in [0.2, 0.25) is 5.15 Å². The van der Waals surface area contributed by atoms with Crippen molar-refractivity contribution >= 4 is 11.6 Å². The van der Waals surface area contributed by atoms with E-state index in [1.165, 1.54) is 0 Å². The molecular formula is C8H5ClN2O. The van der Waals surface area contributed by atoms with Crippen LogP contribution in [-0.4, -0.2) is 11.6 Å². The fourth-order valence-electron chi connectivity index (χ4n) is 1.15. The molecule has 0 aromatic carbocycles. The lowest BCUT2D eigenvalue weighted by Gasteiger charge is -1.98. The number of fused-ring (bicyclic) bond motifs is 1. The number of ether oxygens (including phenoxy) is 1. The zero-order valence-corrected chi connectivity index (χ0v) is 6.93. The molecule has 1 aliphatic heterocycles. The normalized spacial score (nSPS) is 13.3. The molecule has 2 rings (SSSR count). The van der Waals surface area contributed by atoms with Gasteiger partial charge in [0, 0.05) is 12.5 Å². The minimum atomic E-state index is 0.266. The number of aromatic nitrogens is 1. The van der Waals surface area contributed by atoms with Gasteiger partial charge in [-0.2, -0.15) is 5.26 Å². The van der Waals surface area contributed by atoms with E-state index in [-0.39, 0.29) is 5.15 Å². The van der Waals surface area contributed by atoms with Gasteiger partial charge in [0.2, 0.25) is 0 Å². The lowest BCUT2D eigenvalue weighted by molar-refractivity contribution is 0.356. The van der Waals surface area contributed by atoms with Gasteiger partial charge in [-0.15, -0.1) is 0 Å². The predicted molar refractivity (Wildman–Crippen MR) is 43.2 cm³/mol. The summed E-state index contributed by atoms with van der Waals surface area (Å²) in [6.45, 7) is 0.632. The molecule has 4 heteroatoms. The van der Waals surface area contributed by atoms with Gasteiger partial charge in [0.05, 0.1) is 17.9 Å². The van der Waals surface area contributed by atoms with Gasteiger partial charge in [-0.1, -0.05) is 11.6 Å². The highest BCUT2D eigenvalue weighted by Crippen LogP contribution is 2.27. The van der Waals surface area contributed by atoms with Crippen molar-refractivity contribution in [2.75, 3.05) is 6.61 Å². The smallest absolute Gasteiger partial charge is 0.147 e. The monoisotopic (exact) mass is 180 g/mol. The first-order chi connectivity index (χ1) is 5.81. The average Bonchev–Trinajstić information content (AvgIpc) is 2.49. The Balaban J connectivity index is 2.59. The van der Waals surface area contributed by atoms with Crippen LogP contribution in [0, 0.1) is 11.3 Å². The summed E-state index contributed by atoms with van der Waals surface area (Å²) in [5.74, 6) is 0.691. The maximum Gasteiger partial charge on any atom is 0.147 e. The maximum absolute atomic E-state index is 8.62. The van der Waals surface area contributed by atoms with Crippen molar-refractivity contribution < 1.29 is 4.74 Å². The van der Waals surface area contributed by atoms with Crippen molar-refractivity contribution in [2.24, 2.45) is 0 Å². The Kier molecular flexibility index (Phi) is 1.63. The van der Waals surface area contributed by atoms with E-state index in [9.17, 15) is 0 Å². The molecule has 1 aliphatic rings. The molecule has 0 spiro atoms. The quantitative estimate of drug-likeness (QED) is 0.569. The molecule has 0 saturated carbocycles. The third-order valence-corrected chi connectivity index (χ3v) is 2.02. The molecule has 2 heterocycles. The minimum Gasteiger partial charge on any atom is -0.491 e. The Morgan fingerprint density at radius 2 is 2.50 bits per heavy atom. The standard InChI is InChI=1S/C8H5ClN2O/c9-8-5(4-10)3-7-6(11-8)1-2-12-7/h3H,1-2H2. The van der Waals surface area contributed by atoms with Crippen LogP contribution in [0.4, 0.5) is 0 Å². The molecule has 0 radical (unpaired) electrons. The Hall–Kier alpha value is -1.27. The van der Waals surface area contributed by atoms with E-state index in [2.05, 4.69) is 4.98 Å². The number of pyridine rings is 1. The van der Waals surface area contributed by atoms with E-state index in [1.807, 2.05) is 6.07 Å². The van der Waals surface area contributed by atoms with Crippen molar-refractivity contribution in [1.82, 2.24) is 4.98 Å². The summed E-state index contributed by atoms with van der Waals surface area (Å²) in [5, 5.41) is 8.89. The molecule has 1 aromatic heterocycles. The van der Waals surface area contributed by atoms with Gasteiger partial charge in [0.1, 0.15) is 17.0 Å². The minimum absolute atomic E-state index is 0.266. The van der Waals surface area contributed by atoms with Crippen molar-refractivity contribution in [2.45, 2.75) is 6.42 Å². The first-order valence-corrected chi connectivity index (χ1v) is 3.91. The zero-order chi connectivity index (χ0) is 8.55. The van der Waals surface area contributed by atoms with Crippen LogP contribution >= 0.6 is 11.6 Å². The molecule has 3 nitrogen and oxygen atoms in total. The highest BCUT2D eigenvalue weighted by atomic mass is 35.5. The number of hydrogen-bond donors (Lipinski definition) is 0. The van der Waals surface area contributed by atoms with Crippen LogP contribution in [-0.2, 0) is 6.42 Å². The summed E-state index contributed by atoms with van der Waals surface area (Å²) in [4.78, 5) is 4.04. The molecule has 0 amide bonds. The molecule has 60 valence electrons. The molecule has 0 fully saturated rings. The lowest BCUT2D eigenvalue weighted by atomic mass is 10.2. The zero-order valence-electron chi connectivity index (χ0n) is 6.17. The van der Waals surface area contributed by atoms with Crippen LogP contribution in [0.1, 0.15) is 11.3 Å². The first-order valence-electron chi connectivity index (χ1n) is 3.53. The van der Waals surface area contributed by atoms with Gasteiger partial charge in [-0.05, 0) is 0 Å². The van der Waals surface area contributed by atoms with Crippen molar-refractivity contribution in [3.63, 3.8) is 0 Å². The van der Waals surface area contributed by atoms with Gasteiger partial charge in [-0.25, -0.2) is 4.98 Å². The summed E-state index contributed by atoms with van der Waals surface area (Å²) >= 11 is 5.72. The van der Waals surface area contributed by atoms with E-state index < -0.39 is 0 Å². The Morgan fingerprint density at radius 1 is 1.67 bits per heavy atom. The number of hydrogen-bond acceptors (Lipinski definition) is 3. The summed E-state index contributed by atoms with van der Waals surface area (Å²) in [5.41, 5.74) is 1.22. The fraction of sp³-hybridized carbons (Fsp3) is 0.250. The highest BCUT2D eigenvalue weighted by molar-refractivity contribution is 6.30. The Labute approximate surface area is 74.5 Å². The molecule has 0 unspecified atom stereocenters. The SMILES string of the molecule is N#Cc1cc2c(nc1Cl)CCO2. The van der Waals surface area contributed by atoms with Gasteiger partial charge < -0.3 is 4.74 Å². The van der Waals surface area contributed by atoms with Crippen LogP contribution in [0.25, 0.3) is 0 Å². The third kappa shape index (κ3) is 1.01. The molecule has 12 heavy (non-hydrogen) atoms. The van der Waals surface area contributed by atoms with Crippen LogP contribution in [0.15, 0.2) is 6.07 Å². The van der Waals surface area contributed by atoms with Crippen LogP contribution < -0.4 is 4.74 Å². The fourth-order valence-corrected chi connectivity index (χ4v) is 1.35. The van der Waals surface area contributed by atoms with Crippen LogP contribution in [0.3, 0.4) is 0 Å². The summed E-state index contributed by atoms with van der Waals surface area (Å²) < 4.78 is 5.22. The van der Waals surface area contributed by atoms with Gasteiger partial charge >= 0.3 is 0 Å². The number of rotatable bonds is 0. The largest absolute Gasteiger partial charge is 0.491 e. The van der Waals surface area contributed by atoms with E-state index in [1.54, 1.807) is 6.07 Å². The van der Waals surface area contributed by atoms with Crippen LogP contribution in [0.5, 0.6) is 5.75 Å².